The summed E-state index contributed by atoms with van der Waals surface area (Å²) in [6.07, 6.45) is 1.01. The lowest BCUT2D eigenvalue weighted by Crippen LogP contribution is -2.38. The Morgan fingerprint density at radius 2 is 2.40 bits per heavy atom. The van der Waals surface area contributed by atoms with Crippen LogP contribution in [0.15, 0.2) is 21.3 Å². The van der Waals surface area contributed by atoms with Crippen LogP contribution in [-0.4, -0.2) is 42.0 Å². The number of hydrogen-bond donors (Lipinski definition) is 1. The third-order valence-corrected chi connectivity index (χ3v) is 6.04. The summed E-state index contributed by atoms with van der Waals surface area (Å²) in [5.74, 6) is 0.0109. The first-order valence-electron chi connectivity index (χ1n) is 6.34. The van der Waals surface area contributed by atoms with Gasteiger partial charge in [0.15, 0.2) is 0 Å². The summed E-state index contributed by atoms with van der Waals surface area (Å²) < 4.78 is 1.07. The monoisotopic (exact) mass is 371 g/mol. The van der Waals surface area contributed by atoms with Gasteiger partial charge in [-0.3, -0.25) is 4.79 Å². The summed E-state index contributed by atoms with van der Waals surface area (Å²) in [7, 11) is 1.86. The molecule has 1 amide bonds. The highest BCUT2D eigenvalue weighted by Crippen LogP contribution is 2.33. The van der Waals surface area contributed by atoms with Gasteiger partial charge in [0.1, 0.15) is 10.7 Å². The van der Waals surface area contributed by atoms with E-state index in [2.05, 4.69) is 26.2 Å². The van der Waals surface area contributed by atoms with Crippen LogP contribution in [0.3, 0.4) is 0 Å². The molecular formula is C13H14BrN3OS2. The number of thiazole rings is 1. The van der Waals surface area contributed by atoms with E-state index in [1.165, 1.54) is 11.3 Å². The minimum absolute atomic E-state index is 0.0109. The molecule has 0 aliphatic carbocycles. The van der Waals surface area contributed by atoms with Gasteiger partial charge in [-0.2, -0.15) is 0 Å². The Bertz CT molecular complexity index is 619. The van der Waals surface area contributed by atoms with Gasteiger partial charge in [0.05, 0.1) is 8.66 Å². The molecule has 2 aromatic heterocycles. The van der Waals surface area contributed by atoms with Crippen molar-refractivity contribution in [1.29, 1.82) is 0 Å². The Labute approximate surface area is 134 Å². The van der Waals surface area contributed by atoms with E-state index < -0.39 is 0 Å². The molecule has 106 valence electrons. The molecule has 3 heterocycles. The van der Waals surface area contributed by atoms with Gasteiger partial charge in [0.25, 0.3) is 5.91 Å². The quantitative estimate of drug-likeness (QED) is 0.901. The van der Waals surface area contributed by atoms with Crippen LogP contribution in [0.4, 0.5) is 0 Å². The van der Waals surface area contributed by atoms with Gasteiger partial charge in [-0.25, -0.2) is 4.98 Å². The average molecular weight is 372 g/mol. The molecule has 0 bridgehead atoms. The summed E-state index contributed by atoms with van der Waals surface area (Å²) in [6.45, 7) is 1.85. The van der Waals surface area contributed by atoms with Crippen LogP contribution in [0.2, 0.25) is 0 Å². The molecule has 1 saturated heterocycles. The highest BCUT2D eigenvalue weighted by Gasteiger charge is 2.25. The van der Waals surface area contributed by atoms with Gasteiger partial charge in [-0.05, 0) is 41.0 Å². The zero-order chi connectivity index (χ0) is 14.1. The first-order valence-corrected chi connectivity index (χ1v) is 8.83. The van der Waals surface area contributed by atoms with E-state index >= 15 is 0 Å². The van der Waals surface area contributed by atoms with Gasteiger partial charge in [-0.1, -0.05) is 0 Å². The van der Waals surface area contributed by atoms with Crippen LogP contribution >= 0.6 is 38.6 Å². The molecule has 1 atom stereocenters. The third kappa shape index (κ3) is 2.81. The first-order chi connectivity index (χ1) is 9.65. The molecule has 1 unspecified atom stereocenters. The molecule has 0 aromatic carbocycles. The van der Waals surface area contributed by atoms with E-state index in [1.54, 1.807) is 11.3 Å². The maximum Gasteiger partial charge on any atom is 0.273 e. The van der Waals surface area contributed by atoms with Crippen LogP contribution in [-0.2, 0) is 0 Å². The third-order valence-electron chi connectivity index (χ3n) is 3.41. The SMILES string of the molecule is CN(C(=O)c1csc(-c2ccc(Br)s2)n1)C1CCNC1. The maximum atomic E-state index is 12.4. The highest BCUT2D eigenvalue weighted by atomic mass is 79.9. The van der Waals surface area contributed by atoms with Gasteiger partial charge in [0.2, 0.25) is 0 Å². The molecule has 20 heavy (non-hydrogen) atoms. The largest absolute Gasteiger partial charge is 0.336 e. The fraction of sp³-hybridized carbons (Fsp3) is 0.385. The van der Waals surface area contributed by atoms with E-state index in [1.807, 2.05) is 29.5 Å². The molecule has 1 aliphatic heterocycles. The molecule has 0 radical (unpaired) electrons. The Balaban J connectivity index is 1.77. The van der Waals surface area contributed by atoms with Gasteiger partial charge in [0, 0.05) is 25.0 Å². The molecule has 0 spiro atoms. The van der Waals surface area contributed by atoms with Crippen LogP contribution < -0.4 is 5.32 Å². The van der Waals surface area contributed by atoms with Crippen molar-refractivity contribution < 1.29 is 4.79 Å². The second-order valence-electron chi connectivity index (χ2n) is 4.70. The molecule has 1 fully saturated rings. The van der Waals surface area contributed by atoms with Crippen LogP contribution in [0.25, 0.3) is 9.88 Å². The maximum absolute atomic E-state index is 12.4. The predicted octanol–water partition coefficient (Wildman–Crippen LogP) is 3.07. The van der Waals surface area contributed by atoms with Crippen molar-refractivity contribution in [3.8, 4) is 9.88 Å². The number of hydrogen-bond acceptors (Lipinski definition) is 5. The van der Waals surface area contributed by atoms with Gasteiger partial charge in [-0.15, -0.1) is 22.7 Å². The van der Waals surface area contributed by atoms with Crippen molar-refractivity contribution in [2.24, 2.45) is 0 Å². The normalized spacial score (nSPS) is 18.4. The molecule has 1 aliphatic rings. The standard InChI is InChI=1S/C13H14BrN3OS2/c1-17(8-4-5-15-6-8)13(18)9-7-19-12(16-9)10-2-3-11(14)20-10/h2-3,7-8,15H,4-6H2,1H3. The number of amides is 1. The number of nitrogens with one attached hydrogen (secondary N) is 1. The smallest absolute Gasteiger partial charge is 0.273 e. The Morgan fingerprint density at radius 1 is 1.55 bits per heavy atom. The fourth-order valence-electron chi connectivity index (χ4n) is 2.23. The second kappa shape index (κ2) is 5.93. The van der Waals surface area contributed by atoms with E-state index in [4.69, 9.17) is 0 Å². The van der Waals surface area contributed by atoms with Crippen molar-refractivity contribution in [2.45, 2.75) is 12.5 Å². The Kier molecular flexibility index (Phi) is 4.21. The number of carbonyl (C=O) groups is 1. The number of nitrogens with zero attached hydrogens (tertiary/aromatic N) is 2. The fourth-order valence-corrected chi connectivity index (χ4v) is 4.48. The van der Waals surface area contributed by atoms with Gasteiger partial charge >= 0.3 is 0 Å². The number of aromatic nitrogens is 1. The zero-order valence-electron chi connectivity index (χ0n) is 10.9. The number of carbonyl (C=O) groups excluding carboxylic acids is 1. The van der Waals surface area contributed by atoms with Gasteiger partial charge < -0.3 is 10.2 Å². The Hall–Kier alpha value is -0.760. The minimum Gasteiger partial charge on any atom is -0.336 e. The summed E-state index contributed by atoms with van der Waals surface area (Å²) in [6, 6.07) is 4.30. The summed E-state index contributed by atoms with van der Waals surface area (Å²) in [4.78, 5) is 19.8. The van der Waals surface area contributed by atoms with E-state index in [0.29, 0.717) is 5.69 Å². The van der Waals surface area contributed by atoms with Crippen molar-refractivity contribution in [3.63, 3.8) is 0 Å². The number of likely N-dealkylation sites (N-methyl/N-ethyl adjacent to an activating group) is 1. The number of thiophene rings is 1. The molecule has 7 heteroatoms. The van der Waals surface area contributed by atoms with E-state index in [9.17, 15) is 4.79 Å². The summed E-state index contributed by atoms with van der Waals surface area (Å²) >= 11 is 6.60. The molecule has 2 aromatic rings. The van der Waals surface area contributed by atoms with E-state index in [0.717, 1.165) is 33.2 Å². The van der Waals surface area contributed by atoms with Crippen LogP contribution in [0, 0.1) is 0 Å². The first kappa shape index (κ1) is 14.2. The second-order valence-corrected chi connectivity index (χ2v) is 8.03. The molecule has 3 rings (SSSR count). The lowest BCUT2D eigenvalue weighted by atomic mass is 10.2. The molecule has 0 saturated carbocycles. The highest BCUT2D eigenvalue weighted by molar-refractivity contribution is 9.11. The molecular weight excluding hydrogens is 358 g/mol. The lowest BCUT2D eigenvalue weighted by Gasteiger charge is -2.22. The topological polar surface area (TPSA) is 45.2 Å². The summed E-state index contributed by atoms with van der Waals surface area (Å²) in [5, 5.41) is 6.03. The Morgan fingerprint density at radius 3 is 3.05 bits per heavy atom. The zero-order valence-corrected chi connectivity index (χ0v) is 14.1. The van der Waals surface area contributed by atoms with Crippen LogP contribution in [0.1, 0.15) is 16.9 Å². The molecule has 1 N–H and O–H groups in total. The number of rotatable bonds is 3. The van der Waals surface area contributed by atoms with Crippen molar-refractivity contribution in [3.05, 3.63) is 27.0 Å². The van der Waals surface area contributed by atoms with E-state index in [-0.39, 0.29) is 11.9 Å². The van der Waals surface area contributed by atoms with Crippen molar-refractivity contribution in [2.75, 3.05) is 20.1 Å². The average Bonchev–Trinajstić information content (AvgIpc) is 3.17. The number of halogens is 1. The minimum atomic E-state index is 0.0109. The van der Waals surface area contributed by atoms with Crippen molar-refractivity contribution >= 4 is 44.5 Å². The lowest BCUT2D eigenvalue weighted by molar-refractivity contribution is 0.0739. The van der Waals surface area contributed by atoms with Crippen LogP contribution in [0.5, 0.6) is 0 Å². The van der Waals surface area contributed by atoms with Crippen molar-refractivity contribution in [1.82, 2.24) is 15.2 Å². The molecule has 4 nitrogen and oxygen atoms in total. The predicted molar refractivity (Wildman–Crippen MR) is 86.5 cm³/mol. The summed E-state index contributed by atoms with van der Waals surface area (Å²) in [5.41, 5.74) is 0.545.